The van der Waals surface area contributed by atoms with Crippen molar-refractivity contribution < 1.29 is 27.4 Å². The number of rotatable bonds is 7. The van der Waals surface area contributed by atoms with Crippen LogP contribution in [0.25, 0.3) is 0 Å². The molecule has 1 aromatic heterocycles. The van der Waals surface area contributed by atoms with Gasteiger partial charge in [-0.1, -0.05) is 12.1 Å². The van der Waals surface area contributed by atoms with E-state index < -0.39 is 18.0 Å². The van der Waals surface area contributed by atoms with Gasteiger partial charge in [0.2, 0.25) is 5.91 Å². The van der Waals surface area contributed by atoms with E-state index in [-0.39, 0.29) is 24.4 Å². The molecule has 196 valence electrons. The summed E-state index contributed by atoms with van der Waals surface area (Å²) in [5.41, 5.74) is 0.387. The van der Waals surface area contributed by atoms with Crippen LogP contribution in [-0.2, 0) is 33.4 Å². The van der Waals surface area contributed by atoms with Gasteiger partial charge in [0, 0.05) is 25.2 Å². The van der Waals surface area contributed by atoms with Gasteiger partial charge in [-0.2, -0.15) is 13.2 Å². The van der Waals surface area contributed by atoms with Crippen LogP contribution in [0.1, 0.15) is 54.3 Å². The summed E-state index contributed by atoms with van der Waals surface area (Å²) < 4.78 is 50.8. The minimum absolute atomic E-state index is 0.00554. The molecular weight excluding hydrogens is 475 g/mol. The van der Waals surface area contributed by atoms with Gasteiger partial charge in [0.1, 0.15) is 11.6 Å². The number of halogens is 3. The largest absolute Gasteiger partial charge is 0.416 e. The zero-order valence-electron chi connectivity index (χ0n) is 20.7. The van der Waals surface area contributed by atoms with Gasteiger partial charge in [0.25, 0.3) is 0 Å². The summed E-state index contributed by atoms with van der Waals surface area (Å²) in [4.78, 5) is 24.3. The molecule has 2 aliphatic heterocycles. The van der Waals surface area contributed by atoms with Gasteiger partial charge in [-0.25, -0.2) is 9.97 Å². The molecular formula is C25H32F3N5O3. The van der Waals surface area contributed by atoms with Crippen molar-refractivity contribution in [3.05, 3.63) is 52.5 Å². The van der Waals surface area contributed by atoms with E-state index in [1.165, 1.54) is 6.07 Å². The van der Waals surface area contributed by atoms with Gasteiger partial charge in [0.05, 0.1) is 36.5 Å². The number of hydrogen-bond donors (Lipinski definition) is 2. The van der Waals surface area contributed by atoms with Gasteiger partial charge in [-0.15, -0.1) is 0 Å². The maximum atomic E-state index is 13.1. The lowest BCUT2D eigenvalue weighted by Crippen LogP contribution is -2.53. The number of anilines is 1. The SMILES string of the molecule is Cc1nc(CC(=O)NC2(C)CCN(C)CC2)c(C2OCCO2)c(NCc2cccc(C(F)(F)F)c2)n1. The molecule has 0 radical (unpaired) electrons. The van der Waals surface area contributed by atoms with E-state index in [2.05, 4.69) is 39.5 Å². The first-order chi connectivity index (χ1) is 17.0. The van der Waals surface area contributed by atoms with Gasteiger partial charge in [-0.05, 0) is 51.4 Å². The number of piperidine rings is 1. The minimum atomic E-state index is -4.43. The van der Waals surface area contributed by atoms with Crippen molar-refractivity contribution in [2.75, 3.05) is 38.7 Å². The minimum Gasteiger partial charge on any atom is -0.365 e. The Bertz CT molecular complexity index is 1080. The van der Waals surface area contributed by atoms with Crippen LogP contribution in [0.4, 0.5) is 19.0 Å². The van der Waals surface area contributed by atoms with Crippen LogP contribution in [0, 0.1) is 6.92 Å². The Morgan fingerprint density at radius 1 is 1.19 bits per heavy atom. The molecule has 4 rings (SSSR count). The number of benzene rings is 1. The number of aromatic nitrogens is 2. The molecule has 2 aromatic rings. The second kappa shape index (κ2) is 10.7. The smallest absolute Gasteiger partial charge is 0.365 e. The summed E-state index contributed by atoms with van der Waals surface area (Å²) in [7, 11) is 2.06. The highest BCUT2D eigenvalue weighted by Crippen LogP contribution is 2.33. The Morgan fingerprint density at radius 2 is 1.89 bits per heavy atom. The average molecular weight is 508 g/mol. The summed E-state index contributed by atoms with van der Waals surface area (Å²) in [6.45, 7) is 6.41. The van der Waals surface area contributed by atoms with Crippen molar-refractivity contribution >= 4 is 11.7 Å². The van der Waals surface area contributed by atoms with E-state index in [9.17, 15) is 18.0 Å². The fourth-order valence-corrected chi connectivity index (χ4v) is 4.49. The van der Waals surface area contributed by atoms with Crippen LogP contribution in [0.15, 0.2) is 24.3 Å². The summed E-state index contributed by atoms with van der Waals surface area (Å²) in [6, 6.07) is 5.11. The third kappa shape index (κ3) is 6.51. The third-order valence-electron chi connectivity index (χ3n) is 6.57. The standard InChI is InChI=1S/C25H32F3N5O3/c1-16-30-19(14-20(34)32-24(2)7-9-33(3)10-8-24)21(23-35-11-12-36-23)22(31-16)29-15-17-5-4-6-18(13-17)25(26,27)28/h4-6,13,23H,7-12,14-15H2,1-3H3,(H,32,34)(H,29,30,31). The zero-order chi connectivity index (χ0) is 25.9. The van der Waals surface area contributed by atoms with Crippen molar-refractivity contribution in [2.45, 2.75) is 57.7 Å². The average Bonchev–Trinajstić information content (AvgIpc) is 3.33. The summed E-state index contributed by atoms with van der Waals surface area (Å²) in [5, 5.41) is 6.28. The van der Waals surface area contributed by atoms with E-state index >= 15 is 0 Å². The van der Waals surface area contributed by atoms with E-state index in [0.717, 1.165) is 38.1 Å². The second-order valence-electron chi connectivity index (χ2n) is 9.69. The molecule has 3 heterocycles. The van der Waals surface area contributed by atoms with Gasteiger partial charge in [-0.3, -0.25) is 4.79 Å². The summed E-state index contributed by atoms with van der Waals surface area (Å²) >= 11 is 0. The molecule has 36 heavy (non-hydrogen) atoms. The lowest BCUT2D eigenvalue weighted by Gasteiger charge is -2.38. The molecule has 0 saturated carbocycles. The number of amides is 1. The van der Waals surface area contributed by atoms with Gasteiger partial charge >= 0.3 is 6.18 Å². The van der Waals surface area contributed by atoms with Crippen LogP contribution in [0.2, 0.25) is 0 Å². The number of ether oxygens (including phenoxy) is 2. The first-order valence-electron chi connectivity index (χ1n) is 12.0. The number of hydrogen-bond acceptors (Lipinski definition) is 7. The van der Waals surface area contributed by atoms with E-state index in [1.54, 1.807) is 13.0 Å². The summed E-state index contributed by atoms with van der Waals surface area (Å²) in [6.07, 6.45) is -3.49. The van der Waals surface area contributed by atoms with Crippen molar-refractivity contribution in [3.8, 4) is 0 Å². The quantitative estimate of drug-likeness (QED) is 0.592. The molecule has 1 amide bonds. The molecule has 1 aromatic carbocycles. The van der Waals surface area contributed by atoms with Crippen LogP contribution in [0.3, 0.4) is 0 Å². The number of aryl methyl sites for hydroxylation is 1. The lowest BCUT2D eigenvalue weighted by molar-refractivity contribution is -0.137. The maximum Gasteiger partial charge on any atom is 0.416 e. The Morgan fingerprint density at radius 3 is 2.56 bits per heavy atom. The van der Waals surface area contributed by atoms with Crippen LogP contribution in [0.5, 0.6) is 0 Å². The molecule has 0 unspecified atom stereocenters. The summed E-state index contributed by atoms with van der Waals surface area (Å²) in [5.74, 6) is 0.639. The molecule has 2 fully saturated rings. The Balaban J connectivity index is 1.56. The molecule has 8 nitrogen and oxygen atoms in total. The normalized spacial score (nSPS) is 18.8. The Labute approximate surface area is 208 Å². The molecule has 2 aliphatic rings. The molecule has 11 heteroatoms. The van der Waals surface area contributed by atoms with Gasteiger partial charge < -0.3 is 25.0 Å². The molecule has 2 saturated heterocycles. The molecule has 0 spiro atoms. The van der Waals surface area contributed by atoms with Crippen LogP contribution in [-0.4, -0.2) is 59.7 Å². The first kappa shape index (κ1) is 26.3. The van der Waals surface area contributed by atoms with Crippen molar-refractivity contribution in [2.24, 2.45) is 0 Å². The zero-order valence-corrected chi connectivity index (χ0v) is 20.7. The number of nitrogens with zero attached hydrogens (tertiary/aromatic N) is 3. The van der Waals surface area contributed by atoms with E-state index in [4.69, 9.17) is 9.47 Å². The fraction of sp³-hybridized carbons (Fsp3) is 0.560. The highest BCUT2D eigenvalue weighted by Gasteiger charge is 2.33. The molecule has 0 bridgehead atoms. The van der Waals surface area contributed by atoms with Crippen molar-refractivity contribution in [3.63, 3.8) is 0 Å². The maximum absolute atomic E-state index is 13.1. The highest BCUT2D eigenvalue weighted by molar-refractivity contribution is 5.79. The third-order valence-corrected chi connectivity index (χ3v) is 6.57. The molecule has 0 atom stereocenters. The topological polar surface area (TPSA) is 88.6 Å². The van der Waals surface area contributed by atoms with Crippen molar-refractivity contribution in [1.82, 2.24) is 20.2 Å². The second-order valence-corrected chi connectivity index (χ2v) is 9.69. The number of carbonyl (C=O) groups excluding carboxylic acids is 1. The van der Waals surface area contributed by atoms with Crippen LogP contribution >= 0.6 is 0 Å². The number of carbonyl (C=O) groups is 1. The number of nitrogens with one attached hydrogen (secondary N) is 2. The fourth-order valence-electron chi connectivity index (χ4n) is 4.49. The van der Waals surface area contributed by atoms with Gasteiger partial charge in [0.15, 0.2) is 6.29 Å². The number of likely N-dealkylation sites (tertiary alicyclic amines) is 1. The Kier molecular flexibility index (Phi) is 7.82. The lowest BCUT2D eigenvalue weighted by atomic mass is 9.89. The van der Waals surface area contributed by atoms with E-state index in [0.29, 0.717) is 41.7 Å². The first-order valence-corrected chi connectivity index (χ1v) is 12.0. The predicted molar refractivity (Wildman–Crippen MR) is 127 cm³/mol. The Hall–Kier alpha value is -2.76. The molecule has 2 N–H and O–H groups in total. The number of alkyl halides is 3. The van der Waals surface area contributed by atoms with Crippen molar-refractivity contribution in [1.29, 1.82) is 0 Å². The highest BCUT2D eigenvalue weighted by atomic mass is 19.4. The molecule has 0 aliphatic carbocycles. The van der Waals surface area contributed by atoms with Crippen LogP contribution < -0.4 is 10.6 Å². The van der Waals surface area contributed by atoms with E-state index in [1.807, 2.05) is 0 Å². The predicted octanol–water partition coefficient (Wildman–Crippen LogP) is 3.60. The monoisotopic (exact) mass is 507 g/mol.